The molecular weight excluding hydrogens is 328 g/mol. The maximum absolute atomic E-state index is 12.4. The number of hydrogen-bond donors (Lipinski definition) is 1. The smallest absolute Gasteiger partial charge is 0.259 e. The molecule has 4 nitrogen and oxygen atoms in total. The van der Waals surface area contributed by atoms with Gasteiger partial charge in [-0.05, 0) is 50.6 Å². The Morgan fingerprint density at radius 1 is 1.26 bits per heavy atom. The summed E-state index contributed by atoms with van der Waals surface area (Å²) in [7, 11) is 1.65. The van der Waals surface area contributed by atoms with Crippen molar-refractivity contribution < 1.29 is 4.74 Å². The Morgan fingerprint density at radius 3 is 2.61 bits per heavy atom. The van der Waals surface area contributed by atoms with Crippen LogP contribution in [-0.2, 0) is 0 Å². The lowest BCUT2D eigenvalue weighted by Gasteiger charge is -2.11. The van der Waals surface area contributed by atoms with E-state index in [0.717, 1.165) is 31.3 Å². The Bertz CT molecular complexity index is 897. The number of fused-ring (bicyclic) bond motifs is 1. The third-order valence-corrected chi connectivity index (χ3v) is 6.04. The second-order valence-electron chi connectivity index (χ2n) is 5.35. The average molecular weight is 346 g/mol. The standard InChI is InChI=1S/C17H18N2O2S2/c1-9-10(2)23-17-14(9)16(20)18-15(19-17)11(3)22-13-7-5-12(21-4)6-8-13/h5-8,11H,1-4H3,(H,18,19,20)/t11-/m0/s1. The van der Waals surface area contributed by atoms with Crippen molar-refractivity contribution >= 4 is 33.3 Å². The molecule has 23 heavy (non-hydrogen) atoms. The number of aromatic amines is 1. The summed E-state index contributed by atoms with van der Waals surface area (Å²) in [6.45, 7) is 6.04. The van der Waals surface area contributed by atoms with Gasteiger partial charge in [0.1, 0.15) is 16.4 Å². The number of thioether (sulfide) groups is 1. The Balaban J connectivity index is 1.91. The molecule has 0 aliphatic carbocycles. The number of H-pyrrole nitrogens is 1. The molecule has 1 aromatic carbocycles. The van der Waals surface area contributed by atoms with Crippen molar-refractivity contribution in [3.63, 3.8) is 0 Å². The largest absolute Gasteiger partial charge is 0.497 e. The van der Waals surface area contributed by atoms with Gasteiger partial charge in [-0.25, -0.2) is 4.98 Å². The first-order valence-corrected chi connectivity index (χ1v) is 9.00. The number of hydrogen-bond acceptors (Lipinski definition) is 5. The Labute approximate surface area is 142 Å². The van der Waals surface area contributed by atoms with Gasteiger partial charge in [-0.1, -0.05) is 0 Å². The Kier molecular flexibility index (Phi) is 4.46. The maximum Gasteiger partial charge on any atom is 0.259 e. The third kappa shape index (κ3) is 3.14. The monoisotopic (exact) mass is 346 g/mol. The summed E-state index contributed by atoms with van der Waals surface area (Å²) in [5.41, 5.74) is 0.981. The van der Waals surface area contributed by atoms with Gasteiger partial charge < -0.3 is 9.72 Å². The first kappa shape index (κ1) is 16.1. The van der Waals surface area contributed by atoms with Crippen LogP contribution < -0.4 is 10.3 Å². The van der Waals surface area contributed by atoms with Crippen LogP contribution in [0.25, 0.3) is 10.2 Å². The lowest BCUT2D eigenvalue weighted by Crippen LogP contribution is -2.12. The fourth-order valence-electron chi connectivity index (χ4n) is 2.38. The van der Waals surface area contributed by atoms with Crippen molar-refractivity contribution in [1.82, 2.24) is 9.97 Å². The summed E-state index contributed by atoms with van der Waals surface area (Å²) >= 11 is 3.24. The molecule has 0 radical (unpaired) electrons. The lowest BCUT2D eigenvalue weighted by atomic mass is 10.2. The highest BCUT2D eigenvalue weighted by atomic mass is 32.2. The van der Waals surface area contributed by atoms with Crippen LogP contribution in [-0.4, -0.2) is 17.1 Å². The quantitative estimate of drug-likeness (QED) is 0.709. The summed E-state index contributed by atoms with van der Waals surface area (Å²) in [5.74, 6) is 1.55. The molecule has 2 heterocycles. The molecule has 3 rings (SSSR count). The van der Waals surface area contributed by atoms with Gasteiger partial charge in [-0.15, -0.1) is 23.1 Å². The van der Waals surface area contributed by atoms with Crippen molar-refractivity contribution in [2.75, 3.05) is 7.11 Å². The predicted molar refractivity (Wildman–Crippen MR) is 97.0 cm³/mol. The second kappa shape index (κ2) is 6.37. The molecule has 0 fully saturated rings. The van der Waals surface area contributed by atoms with E-state index in [1.165, 1.54) is 0 Å². The molecule has 0 aliphatic rings. The lowest BCUT2D eigenvalue weighted by molar-refractivity contribution is 0.414. The van der Waals surface area contributed by atoms with Gasteiger partial charge in [0.15, 0.2) is 0 Å². The van der Waals surface area contributed by atoms with Crippen molar-refractivity contribution in [3.05, 3.63) is 50.9 Å². The minimum Gasteiger partial charge on any atom is -0.497 e. The molecule has 0 bridgehead atoms. The second-order valence-corrected chi connectivity index (χ2v) is 7.97. The van der Waals surface area contributed by atoms with Crippen molar-refractivity contribution in [2.24, 2.45) is 0 Å². The van der Waals surface area contributed by atoms with Crippen molar-refractivity contribution in [1.29, 1.82) is 0 Å². The zero-order valence-corrected chi connectivity index (χ0v) is 15.1. The maximum atomic E-state index is 12.4. The van der Waals surface area contributed by atoms with Crippen LogP contribution in [0, 0.1) is 13.8 Å². The summed E-state index contributed by atoms with van der Waals surface area (Å²) < 4.78 is 5.17. The van der Waals surface area contributed by atoms with E-state index in [0.29, 0.717) is 5.82 Å². The summed E-state index contributed by atoms with van der Waals surface area (Å²) in [6.07, 6.45) is 0. The Morgan fingerprint density at radius 2 is 1.96 bits per heavy atom. The van der Waals surface area contributed by atoms with Crippen LogP contribution in [0.4, 0.5) is 0 Å². The number of thiophene rings is 1. The molecule has 1 N–H and O–H groups in total. The van der Waals surface area contributed by atoms with Gasteiger partial charge in [0.2, 0.25) is 0 Å². The number of aryl methyl sites for hydroxylation is 2. The van der Waals surface area contributed by atoms with Gasteiger partial charge in [0.25, 0.3) is 5.56 Å². The van der Waals surface area contributed by atoms with Gasteiger partial charge in [-0.3, -0.25) is 4.79 Å². The van der Waals surface area contributed by atoms with E-state index in [1.807, 2.05) is 45.0 Å². The van der Waals surface area contributed by atoms with Gasteiger partial charge in [-0.2, -0.15) is 0 Å². The van der Waals surface area contributed by atoms with E-state index in [2.05, 4.69) is 9.97 Å². The van der Waals surface area contributed by atoms with Crippen molar-refractivity contribution in [2.45, 2.75) is 30.9 Å². The van der Waals surface area contributed by atoms with E-state index < -0.39 is 0 Å². The number of nitrogens with one attached hydrogen (secondary N) is 1. The third-order valence-electron chi connectivity index (χ3n) is 3.81. The van der Waals surface area contributed by atoms with E-state index in [4.69, 9.17) is 4.74 Å². The molecule has 0 saturated carbocycles. The first-order valence-electron chi connectivity index (χ1n) is 7.30. The van der Waals surface area contributed by atoms with E-state index in [9.17, 15) is 4.79 Å². The highest BCUT2D eigenvalue weighted by Gasteiger charge is 2.16. The first-order chi connectivity index (χ1) is 11.0. The number of ether oxygens (including phenoxy) is 1. The predicted octanol–water partition coefficient (Wildman–Crippen LogP) is 4.46. The minimum atomic E-state index is -0.0472. The molecule has 3 aromatic rings. The molecule has 0 unspecified atom stereocenters. The molecular formula is C17H18N2O2S2. The highest BCUT2D eigenvalue weighted by molar-refractivity contribution is 7.99. The molecule has 0 saturated heterocycles. The normalized spacial score (nSPS) is 12.5. The number of methoxy groups -OCH3 is 1. The molecule has 2 aromatic heterocycles. The SMILES string of the molecule is COc1ccc(S[C@@H](C)c2nc3sc(C)c(C)c3c(=O)[nH]2)cc1. The van der Waals surface area contributed by atoms with E-state index in [-0.39, 0.29) is 10.8 Å². The van der Waals surface area contributed by atoms with Crippen LogP contribution in [0.5, 0.6) is 5.75 Å². The van der Waals surface area contributed by atoms with Crippen LogP contribution in [0.3, 0.4) is 0 Å². The number of aromatic nitrogens is 2. The summed E-state index contributed by atoms with van der Waals surface area (Å²) in [4.78, 5) is 23.0. The van der Waals surface area contributed by atoms with Gasteiger partial charge >= 0.3 is 0 Å². The van der Waals surface area contributed by atoms with Crippen LogP contribution in [0.2, 0.25) is 0 Å². The number of benzene rings is 1. The van der Waals surface area contributed by atoms with Gasteiger partial charge in [0.05, 0.1) is 17.7 Å². The Hall–Kier alpha value is -1.79. The van der Waals surface area contributed by atoms with Gasteiger partial charge in [0, 0.05) is 9.77 Å². The summed E-state index contributed by atoms with van der Waals surface area (Å²) in [5, 5.41) is 0.779. The topological polar surface area (TPSA) is 55.0 Å². The molecule has 0 spiro atoms. The zero-order chi connectivity index (χ0) is 16.6. The number of rotatable bonds is 4. The van der Waals surface area contributed by atoms with E-state index >= 15 is 0 Å². The molecule has 0 amide bonds. The van der Waals surface area contributed by atoms with Crippen LogP contribution in [0.15, 0.2) is 34.0 Å². The van der Waals surface area contributed by atoms with Crippen molar-refractivity contribution in [3.8, 4) is 5.75 Å². The summed E-state index contributed by atoms with van der Waals surface area (Å²) in [6, 6.07) is 7.88. The van der Waals surface area contributed by atoms with E-state index in [1.54, 1.807) is 30.2 Å². The fourth-order valence-corrected chi connectivity index (χ4v) is 4.34. The molecule has 6 heteroatoms. The minimum absolute atomic E-state index is 0.0472. The number of nitrogens with zero attached hydrogens (tertiary/aromatic N) is 1. The average Bonchev–Trinajstić information content (AvgIpc) is 2.83. The van der Waals surface area contributed by atoms with Crippen LogP contribution >= 0.6 is 23.1 Å². The molecule has 0 aliphatic heterocycles. The fraction of sp³-hybridized carbons (Fsp3) is 0.294. The molecule has 120 valence electrons. The van der Waals surface area contributed by atoms with Crippen LogP contribution in [0.1, 0.15) is 28.4 Å². The zero-order valence-electron chi connectivity index (χ0n) is 13.5. The highest BCUT2D eigenvalue weighted by Crippen LogP contribution is 2.35. The molecule has 1 atom stereocenters.